The van der Waals surface area contributed by atoms with Gasteiger partial charge >= 0.3 is 46.7 Å². The van der Waals surface area contributed by atoms with Crippen molar-refractivity contribution < 1.29 is 56.9 Å². The Labute approximate surface area is 122 Å². The molecule has 0 heterocycles. The summed E-state index contributed by atoms with van der Waals surface area (Å²) >= 11 is 0. The van der Waals surface area contributed by atoms with Gasteiger partial charge in [0.2, 0.25) is 6.17 Å². The van der Waals surface area contributed by atoms with Crippen LogP contribution in [0, 0.1) is 0 Å². The third-order valence-corrected chi connectivity index (χ3v) is 2.77. The van der Waals surface area contributed by atoms with Gasteiger partial charge in [0.15, 0.2) is 0 Å². The van der Waals surface area contributed by atoms with E-state index in [2.05, 4.69) is 0 Å². The normalized spacial score (nSPS) is 17.3. The standard InChI is InChI=1S/C6H4F10O3S.Li.H/c7-1(2(8)9)4(11,12)6(15,16)5(13,14)3(10)20(17,18)19;;/h1-3H,(H,17,18,19);;. The average molecular weight is 354 g/mol. The fourth-order valence-electron chi connectivity index (χ4n) is 0.883. The molecule has 0 spiro atoms. The molecular weight excluding hydrogens is 349 g/mol. The Kier molecular flexibility index (Phi) is 7.15. The molecule has 0 aromatic heterocycles. The molecule has 1 N–H and O–H groups in total. The van der Waals surface area contributed by atoms with Crippen molar-refractivity contribution in [1.82, 2.24) is 0 Å². The average Bonchev–Trinajstić information content (AvgIpc) is 2.24. The van der Waals surface area contributed by atoms with Gasteiger partial charge in [0.05, 0.1) is 0 Å². The fourth-order valence-corrected chi connectivity index (χ4v) is 1.41. The molecule has 0 radical (unpaired) electrons. The minimum absolute atomic E-state index is 0. The Balaban J connectivity index is 0. The van der Waals surface area contributed by atoms with Crippen LogP contribution in [0.4, 0.5) is 43.9 Å². The maximum atomic E-state index is 12.7. The van der Waals surface area contributed by atoms with Gasteiger partial charge < -0.3 is 0 Å². The van der Waals surface area contributed by atoms with Crippen molar-refractivity contribution >= 4 is 29.0 Å². The van der Waals surface area contributed by atoms with Gasteiger partial charge in [-0.1, -0.05) is 0 Å². The van der Waals surface area contributed by atoms with E-state index >= 15 is 0 Å². The van der Waals surface area contributed by atoms with Crippen LogP contribution in [0.25, 0.3) is 0 Å². The van der Waals surface area contributed by atoms with Gasteiger partial charge in [-0.2, -0.15) is 34.8 Å². The van der Waals surface area contributed by atoms with Gasteiger partial charge in [-0.25, -0.2) is 17.6 Å². The molecule has 21 heavy (non-hydrogen) atoms. The molecule has 2 atom stereocenters. The van der Waals surface area contributed by atoms with Crippen molar-refractivity contribution in [1.29, 1.82) is 0 Å². The molecule has 0 bridgehead atoms. The summed E-state index contributed by atoms with van der Waals surface area (Å²) in [6.45, 7) is 0. The zero-order chi connectivity index (χ0) is 16.7. The van der Waals surface area contributed by atoms with Gasteiger partial charge in [0.25, 0.3) is 11.9 Å². The molecule has 0 aliphatic carbocycles. The predicted molar refractivity (Wildman–Crippen MR) is 49.3 cm³/mol. The summed E-state index contributed by atoms with van der Waals surface area (Å²) in [7, 11) is -6.59. The molecule has 15 heteroatoms. The Morgan fingerprint density at radius 1 is 0.810 bits per heavy atom. The molecule has 0 saturated carbocycles. The molecule has 0 amide bonds. The van der Waals surface area contributed by atoms with E-state index in [4.69, 9.17) is 4.55 Å². The van der Waals surface area contributed by atoms with Crippen LogP contribution in [0.3, 0.4) is 0 Å². The number of halogens is 10. The summed E-state index contributed by atoms with van der Waals surface area (Å²) in [5.41, 5.74) is -5.28. The molecule has 3 nitrogen and oxygen atoms in total. The topological polar surface area (TPSA) is 54.4 Å². The van der Waals surface area contributed by atoms with Crippen molar-refractivity contribution in [2.45, 2.75) is 35.9 Å². The van der Waals surface area contributed by atoms with Crippen molar-refractivity contribution in [3.63, 3.8) is 0 Å². The molecule has 0 aliphatic heterocycles. The van der Waals surface area contributed by atoms with Gasteiger partial charge in [0, 0.05) is 0 Å². The first-order valence-electron chi connectivity index (χ1n) is 4.17. The van der Waals surface area contributed by atoms with E-state index in [1.54, 1.807) is 0 Å². The predicted octanol–water partition coefficient (Wildman–Crippen LogP) is 2.03. The van der Waals surface area contributed by atoms with E-state index in [1.807, 2.05) is 0 Å². The van der Waals surface area contributed by atoms with Crippen LogP contribution >= 0.6 is 0 Å². The van der Waals surface area contributed by atoms with Gasteiger partial charge in [-0.3, -0.25) is 4.55 Å². The van der Waals surface area contributed by atoms with Crippen LogP contribution in [0.1, 0.15) is 0 Å². The molecule has 0 aromatic carbocycles. The Hall–Kier alpha value is -0.193. The Morgan fingerprint density at radius 2 is 1.14 bits per heavy atom. The van der Waals surface area contributed by atoms with Crippen LogP contribution in [-0.2, 0) is 10.1 Å². The zero-order valence-corrected chi connectivity index (χ0v) is 9.50. The monoisotopic (exact) mass is 354 g/mol. The van der Waals surface area contributed by atoms with E-state index in [0.717, 1.165) is 0 Å². The van der Waals surface area contributed by atoms with Crippen molar-refractivity contribution in [3.05, 3.63) is 0 Å². The summed E-state index contributed by atoms with van der Waals surface area (Å²) in [5.74, 6) is -20.8. The third-order valence-electron chi connectivity index (χ3n) is 1.95. The van der Waals surface area contributed by atoms with Crippen molar-refractivity contribution in [2.75, 3.05) is 0 Å². The second-order valence-electron chi connectivity index (χ2n) is 3.39. The summed E-state index contributed by atoms with van der Waals surface area (Å²) < 4.78 is 151. The van der Waals surface area contributed by atoms with Crippen LogP contribution in [0.15, 0.2) is 0 Å². The third kappa shape index (κ3) is 3.96. The first-order chi connectivity index (χ1) is 8.51. The quantitative estimate of drug-likeness (QED) is 0.451. The fraction of sp³-hybridized carbons (Fsp3) is 1.00. The van der Waals surface area contributed by atoms with E-state index in [9.17, 15) is 52.3 Å². The number of rotatable bonds is 6. The van der Waals surface area contributed by atoms with Crippen LogP contribution in [0.2, 0.25) is 0 Å². The van der Waals surface area contributed by atoms with Crippen molar-refractivity contribution in [3.8, 4) is 0 Å². The molecule has 124 valence electrons. The zero-order valence-electron chi connectivity index (χ0n) is 8.68. The first kappa shape index (κ1) is 23.1. The van der Waals surface area contributed by atoms with Crippen LogP contribution in [-0.4, -0.2) is 67.7 Å². The van der Waals surface area contributed by atoms with Gasteiger partial charge in [0.1, 0.15) is 0 Å². The molecular formula is C6H5F10LiO3S. The maximum absolute atomic E-state index is 12.7. The van der Waals surface area contributed by atoms with Crippen LogP contribution in [0.5, 0.6) is 0 Å². The molecule has 0 rings (SSSR count). The number of hydrogen-bond donors (Lipinski definition) is 1. The summed E-state index contributed by atoms with van der Waals surface area (Å²) in [4.78, 5) is 0. The molecule has 2 unspecified atom stereocenters. The SMILES string of the molecule is O=S(=O)(O)C(F)C(F)(F)C(F)(F)C(F)(F)C(F)C(F)F.[LiH]. The second kappa shape index (κ2) is 6.51. The summed E-state index contributed by atoms with van der Waals surface area (Å²) in [5, 5.41) is 0. The Bertz CT molecular complexity index is 452. The van der Waals surface area contributed by atoms with Crippen LogP contribution < -0.4 is 0 Å². The van der Waals surface area contributed by atoms with Gasteiger partial charge in [-0.05, 0) is 0 Å². The van der Waals surface area contributed by atoms with E-state index in [-0.39, 0.29) is 18.9 Å². The number of alkyl halides is 10. The van der Waals surface area contributed by atoms with Crippen molar-refractivity contribution in [2.24, 2.45) is 0 Å². The summed E-state index contributed by atoms with van der Waals surface area (Å²) in [6, 6.07) is 0. The first-order valence-corrected chi connectivity index (χ1v) is 5.67. The molecule has 0 aliphatic rings. The number of hydrogen-bond acceptors (Lipinski definition) is 2. The van der Waals surface area contributed by atoms with E-state index < -0.39 is 46.0 Å². The molecule has 0 fully saturated rings. The van der Waals surface area contributed by atoms with E-state index in [0.29, 0.717) is 0 Å². The molecule has 0 aromatic rings. The minimum atomic E-state index is -7.16. The second-order valence-corrected chi connectivity index (χ2v) is 4.83. The Morgan fingerprint density at radius 3 is 1.38 bits per heavy atom. The van der Waals surface area contributed by atoms with Gasteiger partial charge in [-0.15, -0.1) is 0 Å². The summed E-state index contributed by atoms with van der Waals surface area (Å²) in [6.07, 6.45) is -9.97. The van der Waals surface area contributed by atoms with E-state index in [1.165, 1.54) is 0 Å². The molecule has 0 saturated heterocycles.